The van der Waals surface area contributed by atoms with Crippen LogP contribution in [0.4, 0.5) is 13.2 Å². The van der Waals surface area contributed by atoms with Gasteiger partial charge in [0, 0.05) is 17.7 Å². The van der Waals surface area contributed by atoms with Gasteiger partial charge < -0.3 is 4.98 Å². The molecule has 1 N–H and O–H groups in total. The Morgan fingerprint density at radius 2 is 1.50 bits per heavy atom. The van der Waals surface area contributed by atoms with Crippen molar-refractivity contribution in [1.82, 2.24) is 14.9 Å². The van der Waals surface area contributed by atoms with Crippen LogP contribution >= 0.6 is 0 Å². The number of aromatic nitrogens is 2. The first-order valence-electron chi connectivity index (χ1n) is 11.4. The molecule has 3 nitrogen and oxygen atoms in total. The molecular formula is C26H34F3N3. The summed E-state index contributed by atoms with van der Waals surface area (Å²) in [6.45, 7) is 11.6. The van der Waals surface area contributed by atoms with Gasteiger partial charge in [0.15, 0.2) is 0 Å². The molecule has 3 aromatic rings. The van der Waals surface area contributed by atoms with Crippen molar-refractivity contribution in [3.05, 3.63) is 65.9 Å². The first-order chi connectivity index (χ1) is 15.3. The van der Waals surface area contributed by atoms with Crippen LogP contribution in [0.15, 0.2) is 54.7 Å². The van der Waals surface area contributed by atoms with Crippen molar-refractivity contribution in [1.29, 1.82) is 0 Å². The maximum absolute atomic E-state index is 13.0. The van der Waals surface area contributed by atoms with Crippen molar-refractivity contribution in [2.45, 2.75) is 59.7 Å². The Morgan fingerprint density at radius 1 is 0.875 bits per heavy atom. The van der Waals surface area contributed by atoms with E-state index in [1.54, 1.807) is 12.3 Å². The Labute approximate surface area is 189 Å². The highest BCUT2D eigenvalue weighted by Gasteiger charge is 2.30. The number of benzene rings is 2. The molecule has 0 spiro atoms. The summed E-state index contributed by atoms with van der Waals surface area (Å²) in [5.41, 5.74) is 2.48. The highest BCUT2D eigenvalue weighted by molar-refractivity contribution is 5.65. The third-order valence-electron chi connectivity index (χ3n) is 4.76. The molecule has 0 amide bonds. The van der Waals surface area contributed by atoms with Gasteiger partial charge in [0.05, 0.1) is 17.5 Å². The quantitative estimate of drug-likeness (QED) is 0.383. The number of nitrogens with one attached hydrogen (secondary N) is 1. The second-order valence-electron chi connectivity index (χ2n) is 7.91. The van der Waals surface area contributed by atoms with Crippen LogP contribution in [0.1, 0.15) is 58.1 Å². The SMILES string of the molecule is CCC.CCCN(CCC)Cc1cccc(-c2ncc(-c3cccc(C(F)(F)F)c3)[nH]2)c1. The van der Waals surface area contributed by atoms with E-state index >= 15 is 0 Å². The largest absolute Gasteiger partial charge is 0.416 e. The van der Waals surface area contributed by atoms with E-state index in [2.05, 4.69) is 54.7 Å². The van der Waals surface area contributed by atoms with Crippen molar-refractivity contribution < 1.29 is 13.2 Å². The van der Waals surface area contributed by atoms with Crippen molar-refractivity contribution in [3.8, 4) is 22.6 Å². The molecule has 0 atom stereocenters. The predicted octanol–water partition coefficient (Wildman–Crippen LogP) is 7.80. The summed E-state index contributed by atoms with van der Waals surface area (Å²) >= 11 is 0. The van der Waals surface area contributed by atoms with E-state index in [4.69, 9.17) is 0 Å². The van der Waals surface area contributed by atoms with Crippen LogP contribution in [-0.2, 0) is 12.7 Å². The Hall–Kier alpha value is -2.60. The lowest BCUT2D eigenvalue weighted by atomic mass is 10.1. The summed E-state index contributed by atoms with van der Waals surface area (Å²) in [5, 5.41) is 0. The molecule has 1 heterocycles. The van der Waals surface area contributed by atoms with Gasteiger partial charge >= 0.3 is 6.18 Å². The van der Waals surface area contributed by atoms with Crippen LogP contribution in [0.5, 0.6) is 0 Å². The number of imidazole rings is 1. The molecule has 0 saturated carbocycles. The fraction of sp³-hybridized carbons (Fsp3) is 0.423. The van der Waals surface area contributed by atoms with E-state index in [0.29, 0.717) is 17.1 Å². The first-order valence-corrected chi connectivity index (χ1v) is 11.4. The van der Waals surface area contributed by atoms with E-state index < -0.39 is 11.7 Å². The van der Waals surface area contributed by atoms with Gasteiger partial charge in [0.2, 0.25) is 0 Å². The monoisotopic (exact) mass is 445 g/mol. The van der Waals surface area contributed by atoms with Crippen LogP contribution in [0.3, 0.4) is 0 Å². The summed E-state index contributed by atoms with van der Waals surface area (Å²) in [6.07, 6.45) is 0.685. The van der Waals surface area contributed by atoms with Gasteiger partial charge in [-0.3, -0.25) is 4.90 Å². The Kier molecular flexibility index (Phi) is 9.97. The van der Waals surface area contributed by atoms with E-state index in [-0.39, 0.29) is 0 Å². The van der Waals surface area contributed by atoms with Crippen LogP contribution in [0.2, 0.25) is 0 Å². The van der Waals surface area contributed by atoms with Crippen molar-refractivity contribution in [2.75, 3.05) is 13.1 Å². The Balaban J connectivity index is 0.00000114. The standard InChI is InChI=1S/C23H26F3N3.C3H8/c1-3-11-29(12-4-2)16-17-7-5-9-19(13-17)22-27-15-21(28-22)18-8-6-10-20(14-18)23(24,25)26;1-3-2/h5-10,13-15H,3-4,11-12,16H2,1-2H3,(H,27,28);3H2,1-2H3. The summed E-state index contributed by atoms with van der Waals surface area (Å²) in [7, 11) is 0. The molecule has 0 aliphatic heterocycles. The van der Waals surface area contributed by atoms with Gasteiger partial charge in [-0.2, -0.15) is 13.2 Å². The van der Waals surface area contributed by atoms with Gasteiger partial charge in [0.1, 0.15) is 5.82 Å². The lowest BCUT2D eigenvalue weighted by Crippen LogP contribution is -2.24. The lowest BCUT2D eigenvalue weighted by molar-refractivity contribution is -0.137. The number of hydrogen-bond acceptors (Lipinski definition) is 2. The van der Waals surface area contributed by atoms with E-state index in [1.807, 2.05) is 12.1 Å². The zero-order chi connectivity index (χ0) is 23.6. The first kappa shape index (κ1) is 25.7. The minimum absolute atomic E-state index is 0.465. The zero-order valence-corrected chi connectivity index (χ0v) is 19.5. The molecule has 32 heavy (non-hydrogen) atoms. The lowest BCUT2D eigenvalue weighted by Gasteiger charge is -2.21. The fourth-order valence-electron chi connectivity index (χ4n) is 3.46. The normalized spacial score (nSPS) is 11.4. The number of nitrogens with zero attached hydrogens (tertiary/aromatic N) is 2. The molecule has 0 radical (unpaired) electrons. The summed E-state index contributed by atoms with van der Waals surface area (Å²) in [5.74, 6) is 0.650. The Morgan fingerprint density at radius 3 is 2.12 bits per heavy atom. The molecule has 0 aliphatic carbocycles. The van der Waals surface area contributed by atoms with Crippen LogP contribution in [0.25, 0.3) is 22.6 Å². The van der Waals surface area contributed by atoms with E-state index in [9.17, 15) is 13.2 Å². The topological polar surface area (TPSA) is 31.9 Å². The molecule has 0 fully saturated rings. The predicted molar refractivity (Wildman–Crippen MR) is 126 cm³/mol. The minimum Gasteiger partial charge on any atom is -0.338 e. The second kappa shape index (κ2) is 12.4. The van der Waals surface area contributed by atoms with Gasteiger partial charge in [0.25, 0.3) is 0 Å². The number of alkyl halides is 3. The number of rotatable bonds is 8. The molecule has 3 rings (SSSR count). The summed E-state index contributed by atoms with van der Waals surface area (Å²) in [6, 6.07) is 13.4. The molecule has 0 unspecified atom stereocenters. The molecule has 0 saturated heterocycles. The molecule has 0 aliphatic rings. The summed E-state index contributed by atoms with van der Waals surface area (Å²) < 4.78 is 38.9. The van der Waals surface area contributed by atoms with Crippen LogP contribution in [-0.4, -0.2) is 28.0 Å². The zero-order valence-electron chi connectivity index (χ0n) is 19.5. The average Bonchev–Trinajstić information content (AvgIpc) is 3.25. The third-order valence-corrected chi connectivity index (χ3v) is 4.76. The van der Waals surface area contributed by atoms with Crippen molar-refractivity contribution >= 4 is 0 Å². The van der Waals surface area contributed by atoms with Crippen LogP contribution in [0, 0.1) is 0 Å². The number of hydrogen-bond donors (Lipinski definition) is 1. The van der Waals surface area contributed by atoms with E-state index in [0.717, 1.165) is 50.2 Å². The van der Waals surface area contributed by atoms with Crippen LogP contribution < -0.4 is 0 Å². The molecule has 0 bridgehead atoms. The number of H-pyrrole nitrogens is 1. The maximum atomic E-state index is 13.0. The maximum Gasteiger partial charge on any atom is 0.416 e. The smallest absolute Gasteiger partial charge is 0.338 e. The van der Waals surface area contributed by atoms with Gasteiger partial charge in [-0.15, -0.1) is 0 Å². The molecule has 1 aromatic heterocycles. The highest BCUT2D eigenvalue weighted by Crippen LogP contribution is 2.32. The highest BCUT2D eigenvalue weighted by atomic mass is 19.4. The van der Waals surface area contributed by atoms with Crippen molar-refractivity contribution in [3.63, 3.8) is 0 Å². The van der Waals surface area contributed by atoms with Gasteiger partial charge in [-0.25, -0.2) is 4.98 Å². The summed E-state index contributed by atoms with van der Waals surface area (Å²) in [4.78, 5) is 9.99. The second-order valence-corrected chi connectivity index (χ2v) is 7.91. The Bertz CT molecular complexity index is 941. The van der Waals surface area contributed by atoms with Gasteiger partial charge in [-0.05, 0) is 49.7 Å². The molecule has 6 heteroatoms. The van der Waals surface area contributed by atoms with Crippen molar-refractivity contribution in [2.24, 2.45) is 0 Å². The molecule has 174 valence electrons. The van der Waals surface area contributed by atoms with E-state index in [1.165, 1.54) is 18.1 Å². The third kappa shape index (κ3) is 7.52. The number of halogens is 3. The molecular weight excluding hydrogens is 411 g/mol. The minimum atomic E-state index is -4.37. The average molecular weight is 446 g/mol. The fourth-order valence-corrected chi connectivity index (χ4v) is 3.46. The van der Waals surface area contributed by atoms with Gasteiger partial charge in [-0.1, -0.05) is 64.4 Å². The molecule has 2 aromatic carbocycles. The number of aromatic amines is 1.